The van der Waals surface area contributed by atoms with Crippen molar-refractivity contribution < 1.29 is 0 Å². The minimum atomic E-state index is 1.15. The smallest absolute Gasteiger partial charge is 0.0438 e. The van der Waals surface area contributed by atoms with Crippen molar-refractivity contribution in [2.24, 2.45) is 0 Å². The third kappa shape index (κ3) is 12.6. The lowest BCUT2D eigenvalue weighted by Gasteiger charge is -2.10. The summed E-state index contributed by atoms with van der Waals surface area (Å²) in [7, 11) is 8.48. The Bertz CT molecular complexity index is 95.8. The van der Waals surface area contributed by atoms with Crippen LogP contribution >= 0.6 is 23.5 Å². The van der Waals surface area contributed by atoms with Gasteiger partial charge in [-0.05, 0) is 46.1 Å². The molecule has 0 fully saturated rings. The maximum atomic E-state index is 2.22. The second-order valence-electron chi connectivity index (χ2n) is 3.59. The van der Waals surface area contributed by atoms with Gasteiger partial charge in [-0.3, -0.25) is 0 Å². The van der Waals surface area contributed by atoms with E-state index >= 15 is 0 Å². The molecule has 0 aromatic carbocycles. The minimum Gasteiger partial charge on any atom is -0.300 e. The van der Waals surface area contributed by atoms with Gasteiger partial charge in [0.2, 0.25) is 0 Å². The lowest BCUT2D eigenvalue weighted by atomic mass is 10.6. The molecule has 0 saturated heterocycles. The molecule has 0 aliphatic carbocycles. The Morgan fingerprint density at radius 1 is 0.769 bits per heavy atom. The molecule has 2 nitrogen and oxygen atoms in total. The summed E-state index contributed by atoms with van der Waals surface area (Å²) < 4.78 is 0. The molecule has 0 atom stereocenters. The first-order chi connectivity index (χ1) is 6.13. The van der Waals surface area contributed by atoms with E-state index in [0.29, 0.717) is 0 Å². The maximum Gasteiger partial charge on any atom is 0.0438 e. The van der Waals surface area contributed by atoms with Gasteiger partial charge in [-0.2, -0.15) is 0 Å². The molecule has 80 valence electrons. The molecule has 4 heteroatoms. The standard InChI is InChI=1S/C9H22N2S2/c1-10(2)8-12-6-5-7-13-9-11(3)4/h5-9H2,1-4H3. The van der Waals surface area contributed by atoms with Gasteiger partial charge in [0.05, 0.1) is 0 Å². The Balaban J connectivity index is 2.92. The Morgan fingerprint density at radius 2 is 1.15 bits per heavy atom. The van der Waals surface area contributed by atoms with Crippen molar-refractivity contribution in [3.63, 3.8) is 0 Å². The van der Waals surface area contributed by atoms with Gasteiger partial charge in [0.25, 0.3) is 0 Å². The molecule has 0 aliphatic heterocycles. The molecule has 0 aromatic heterocycles. The molecule has 0 unspecified atom stereocenters. The molecule has 0 bridgehead atoms. The molecule has 0 spiro atoms. The Labute approximate surface area is 91.4 Å². The fourth-order valence-electron chi connectivity index (χ4n) is 0.757. The van der Waals surface area contributed by atoms with Gasteiger partial charge in [0, 0.05) is 11.8 Å². The SMILES string of the molecule is CN(C)CSCCCSCN(C)C. The van der Waals surface area contributed by atoms with Gasteiger partial charge in [-0.1, -0.05) is 0 Å². The van der Waals surface area contributed by atoms with Crippen LogP contribution in [-0.2, 0) is 0 Å². The minimum absolute atomic E-state index is 1.15. The second-order valence-corrected chi connectivity index (χ2v) is 5.74. The Kier molecular flexibility index (Phi) is 9.62. The van der Waals surface area contributed by atoms with Crippen LogP contribution in [0.3, 0.4) is 0 Å². The highest BCUT2D eigenvalue weighted by Crippen LogP contribution is 2.08. The fourth-order valence-corrected chi connectivity index (χ4v) is 2.63. The first-order valence-corrected chi connectivity index (χ1v) is 6.89. The predicted octanol–water partition coefficient (Wildman–Crippen LogP) is 1.88. The average molecular weight is 222 g/mol. The van der Waals surface area contributed by atoms with Gasteiger partial charge in [0.15, 0.2) is 0 Å². The molecule has 0 radical (unpaired) electrons. The zero-order valence-corrected chi connectivity index (χ0v) is 10.9. The highest BCUT2D eigenvalue weighted by atomic mass is 32.2. The molecule has 0 aromatic rings. The van der Waals surface area contributed by atoms with Gasteiger partial charge >= 0.3 is 0 Å². The predicted molar refractivity (Wildman–Crippen MR) is 66.6 cm³/mol. The van der Waals surface area contributed by atoms with Crippen molar-refractivity contribution in [2.45, 2.75) is 6.42 Å². The molecule has 0 amide bonds. The summed E-state index contributed by atoms with van der Waals surface area (Å²) in [6.07, 6.45) is 1.33. The summed E-state index contributed by atoms with van der Waals surface area (Å²) in [5.74, 6) is 4.88. The highest BCUT2D eigenvalue weighted by molar-refractivity contribution is 8.00. The van der Waals surface area contributed by atoms with Crippen molar-refractivity contribution in [1.82, 2.24) is 9.80 Å². The third-order valence-electron chi connectivity index (χ3n) is 1.28. The summed E-state index contributed by atoms with van der Waals surface area (Å²) >= 11 is 4.04. The van der Waals surface area contributed by atoms with Crippen molar-refractivity contribution in [2.75, 3.05) is 51.4 Å². The Hall–Kier alpha value is 0.620. The quantitative estimate of drug-likeness (QED) is 0.457. The van der Waals surface area contributed by atoms with Crippen LogP contribution in [0.25, 0.3) is 0 Å². The second kappa shape index (κ2) is 9.19. The van der Waals surface area contributed by atoms with Crippen molar-refractivity contribution in [3.05, 3.63) is 0 Å². The van der Waals surface area contributed by atoms with Crippen molar-refractivity contribution in [1.29, 1.82) is 0 Å². The van der Waals surface area contributed by atoms with Crippen LogP contribution in [0.2, 0.25) is 0 Å². The number of nitrogens with zero attached hydrogens (tertiary/aromatic N) is 2. The summed E-state index contributed by atoms with van der Waals surface area (Å²) in [6, 6.07) is 0. The van der Waals surface area contributed by atoms with Gasteiger partial charge in [-0.25, -0.2) is 0 Å². The topological polar surface area (TPSA) is 6.48 Å². The normalized spacial score (nSPS) is 11.5. The van der Waals surface area contributed by atoms with Crippen LogP contribution in [0, 0.1) is 0 Å². The molecular weight excluding hydrogens is 200 g/mol. The molecule has 13 heavy (non-hydrogen) atoms. The average Bonchev–Trinajstić information content (AvgIpc) is 2.01. The van der Waals surface area contributed by atoms with Crippen LogP contribution < -0.4 is 0 Å². The molecule has 0 saturated carbocycles. The number of thioether (sulfide) groups is 2. The molecule has 0 N–H and O–H groups in total. The van der Waals surface area contributed by atoms with E-state index in [2.05, 4.69) is 38.0 Å². The van der Waals surface area contributed by atoms with Crippen molar-refractivity contribution >= 4 is 23.5 Å². The molecule has 0 heterocycles. The lowest BCUT2D eigenvalue weighted by molar-refractivity contribution is 0.485. The first-order valence-electron chi connectivity index (χ1n) is 4.58. The van der Waals surface area contributed by atoms with E-state index in [1.54, 1.807) is 0 Å². The van der Waals surface area contributed by atoms with E-state index in [9.17, 15) is 0 Å². The van der Waals surface area contributed by atoms with Crippen LogP contribution in [0.5, 0.6) is 0 Å². The highest BCUT2D eigenvalue weighted by Gasteiger charge is 1.93. The molecular formula is C9H22N2S2. The Morgan fingerprint density at radius 3 is 1.46 bits per heavy atom. The summed E-state index contributed by atoms with van der Waals surface area (Å²) in [6.45, 7) is 0. The van der Waals surface area contributed by atoms with Crippen molar-refractivity contribution in [3.8, 4) is 0 Å². The van der Waals surface area contributed by atoms with Crippen LogP contribution in [0.15, 0.2) is 0 Å². The van der Waals surface area contributed by atoms with Crippen LogP contribution in [-0.4, -0.2) is 61.2 Å². The maximum absolute atomic E-state index is 2.22. The zero-order valence-electron chi connectivity index (χ0n) is 9.25. The molecule has 0 rings (SSSR count). The van der Waals surface area contributed by atoms with E-state index in [1.165, 1.54) is 17.9 Å². The number of hydrogen-bond acceptors (Lipinski definition) is 4. The van der Waals surface area contributed by atoms with Crippen LogP contribution in [0.4, 0.5) is 0 Å². The van der Waals surface area contributed by atoms with E-state index in [0.717, 1.165) is 11.8 Å². The number of rotatable bonds is 8. The largest absolute Gasteiger partial charge is 0.300 e. The fraction of sp³-hybridized carbons (Fsp3) is 1.00. The van der Waals surface area contributed by atoms with E-state index < -0.39 is 0 Å². The summed E-state index contributed by atoms with van der Waals surface area (Å²) in [5.41, 5.74) is 0. The van der Waals surface area contributed by atoms with Gasteiger partial charge < -0.3 is 9.80 Å². The van der Waals surface area contributed by atoms with E-state index in [-0.39, 0.29) is 0 Å². The number of hydrogen-bond donors (Lipinski definition) is 0. The lowest BCUT2D eigenvalue weighted by Crippen LogP contribution is -2.11. The van der Waals surface area contributed by atoms with Gasteiger partial charge in [0.1, 0.15) is 0 Å². The molecule has 0 aliphatic rings. The van der Waals surface area contributed by atoms with Crippen LogP contribution in [0.1, 0.15) is 6.42 Å². The monoisotopic (exact) mass is 222 g/mol. The summed E-state index contributed by atoms with van der Waals surface area (Å²) in [5, 5.41) is 0. The van der Waals surface area contributed by atoms with E-state index in [1.807, 2.05) is 23.5 Å². The summed E-state index contributed by atoms with van der Waals surface area (Å²) in [4.78, 5) is 4.44. The van der Waals surface area contributed by atoms with Gasteiger partial charge in [-0.15, -0.1) is 23.5 Å². The third-order valence-corrected chi connectivity index (χ3v) is 3.83. The zero-order chi connectivity index (χ0) is 10.1. The first kappa shape index (κ1) is 13.6. The van der Waals surface area contributed by atoms with E-state index in [4.69, 9.17) is 0 Å².